The summed E-state index contributed by atoms with van der Waals surface area (Å²) >= 11 is 0. The van der Waals surface area contributed by atoms with Crippen LogP contribution in [-0.4, -0.2) is 72.8 Å². The van der Waals surface area contributed by atoms with Gasteiger partial charge < -0.3 is 24.4 Å². The van der Waals surface area contributed by atoms with Gasteiger partial charge in [-0.25, -0.2) is 9.18 Å². The molecule has 1 aromatic heterocycles. The second-order valence-electron chi connectivity index (χ2n) is 8.17. The van der Waals surface area contributed by atoms with E-state index in [9.17, 15) is 14.0 Å². The molecule has 2 saturated heterocycles. The van der Waals surface area contributed by atoms with Gasteiger partial charge in [-0.15, -0.1) is 0 Å². The highest BCUT2D eigenvalue weighted by molar-refractivity contribution is 5.91. The molecule has 2 aromatic rings. The molecule has 166 valence electrons. The van der Waals surface area contributed by atoms with Crippen LogP contribution in [0.15, 0.2) is 34.9 Å². The number of amides is 3. The Morgan fingerprint density at radius 2 is 1.84 bits per heavy atom. The third-order valence-corrected chi connectivity index (χ3v) is 6.16. The van der Waals surface area contributed by atoms with Gasteiger partial charge >= 0.3 is 6.03 Å². The Bertz CT molecular complexity index is 933. The number of aryl methyl sites for hydroxylation is 1. The van der Waals surface area contributed by atoms with Gasteiger partial charge in [-0.05, 0) is 37.5 Å². The molecule has 1 N–H and O–H groups in total. The number of halogens is 1. The monoisotopic (exact) mass is 430 g/mol. The van der Waals surface area contributed by atoms with Gasteiger partial charge in [0.25, 0.3) is 5.91 Å². The maximum absolute atomic E-state index is 13.8. The Hall–Kier alpha value is -2.94. The summed E-state index contributed by atoms with van der Waals surface area (Å²) in [6.07, 6.45) is 1.44. The number of ether oxygens (including phenoxy) is 1. The number of rotatable bonds is 4. The lowest BCUT2D eigenvalue weighted by molar-refractivity contribution is 0.0492. The quantitative estimate of drug-likeness (QED) is 0.805. The summed E-state index contributed by atoms with van der Waals surface area (Å²) in [5, 5.41) is 6.79. The zero-order valence-electron chi connectivity index (χ0n) is 17.6. The minimum absolute atomic E-state index is 0.176. The first-order valence-electron chi connectivity index (χ1n) is 10.6. The van der Waals surface area contributed by atoms with E-state index in [4.69, 9.17) is 9.26 Å². The summed E-state index contributed by atoms with van der Waals surface area (Å²) in [6.45, 7) is 5.04. The average molecular weight is 430 g/mol. The predicted octanol–water partition coefficient (Wildman–Crippen LogP) is 2.34. The van der Waals surface area contributed by atoms with E-state index in [1.807, 2.05) is 6.07 Å². The number of urea groups is 1. The Labute approximate surface area is 180 Å². The minimum atomic E-state index is -0.349. The molecule has 1 aromatic carbocycles. The zero-order valence-corrected chi connectivity index (χ0v) is 17.6. The fourth-order valence-electron chi connectivity index (χ4n) is 4.24. The number of nitrogens with one attached hydrogen (secondary N) is 1. The van der Waals surface area contributed by atoms with E-state index in [0.717, 1.165) is 18.4 Å². The van der Waals surface area contributed by atoms with Crippen LogP contribution in [0.2, 0.25) is 0 Å². The maximum Gasteiger partial charge on any atom is 0.317 e. The molecule has 2 aliphatic heterocycles. The molecule has 2 fully saturated rings. The first kappa shape index (κ1) is 21.3. The normalized spacial score (nSPS) is 18.6. The van der Waals surface area contributed by atoms with Crippen LogP contribution in [0.4, 0.5) is 9.18 Å². The van der Waals surface area contributed by atoms with Crippen molar-refractivity contribution >= 4 is 11.9 Å². The van der Waals surface area contributed by atoms with Crippen molar-refractivity contribution in [2.45, 2.75) is 25.2 Å². The third kappa shape index (κ3) is 4.71. The van der Waals surface area contributed by atoms with Crippen molar-refractivity contribution in [1.82, 2.24) is 20.3 Å². The average Bonchev–Trinajstić information content (AvgIpc) is 3.24. The summed E-state index contributed by atoms with van der Waals surface area (Å²) in [7, 11) is 0. The van der Waals surface area contributed by atoms with Crippen molar-refractivity contribution in [3.63, 3.8) is 0 Å². The standard InChI is InChI=1S/C22H27FN4O4/c1-16-13-19(31-25-16)20(28)26-7-9-27(10-8-26)21(29)24-15-22(5-11-30-12-6-22)17-3-2-4-18(23)14-17/h2-4,13-14H,5-12,15H2,1H3,(H,24,29). The van der Waals surface area contributed by atoms with Crippen LogP contribution < -0.4 is 5.32 Å². The number of aromatic nitrogens is 1. The van der Waals surface area contributed by atoms with E-state index in [0.29, 0.717) is 51.6 Å². The first-order valence-corrected chi connectivity index (χ1v) is 10.6. The minimum Gasteiger partial charge on any atom is -0.381 e. The number of carbonyl (C=O) groups is 2. The van der Waals surface area contributed by atoms with Crippen LogP contribution in [0, 0.1) is 12.7 Å². The van der Waals surface area contributed by atoms with Crippen LogP contribution in [0.3, 0.4) is 0 Å². The number of piperazine rings is 1. The van der Waals surface area contributed by atoms with Gasteiger partial charge in [-0.3, -0.25) is 4.79 Å². The lowest BCUT2D eigenvalue weighted by Crippen LogP contribution is -2.55. The molecule has 8 nitrogen and oxygen atoms in total. The topological polar surface area (TPSA) is 87.9 Å². The van der Waals surface area contributed by atoms with E-state index in [-0.39, 0.29) is 28.9 Å². The smallest absolute Gasteiger partial charge is 0.317 e. The molecule has 4 rings (SSSR count). The third-order valence-electron chi connectivity index (χ3n) is 6.16. The van der Waals surface area contributed by atoms with E-state index in [1.165, 1.54) is 6.07 Å². The molecule has 0 unspecified atom stereocenters. The molecule has 0 aliphatic carbocycles. The van der Waals surface area contributed by atoms with E-state index in [1.54, 1.807) is 34.9 Å². The van der Waals surface area contributed by atoms with Gasteiger partial charge in [0.05, 0.1) is 5.69 Å². The van der Waals surface area contributed by atoms with Gasteiger partial charge in [-0.2, -0.15) is 0 Å². The summed E-state index contributed by atoms with van der Waals surface area (Å²) in [4.78, 5) is 28.7. The Kier molecular flexibility index (Phi) is 6.22. The van der Waals surface area contributed by atoms with Crippen LogP contribution >= 0.6 is 0 Å². The van der Waals surface area contributed by atoms with Gasteiger partial charge in [0.15, 0.2) is 0 Å². The van der Waals surface area contributed by atoms with Crippen LogP contribution in [-0.2, 0) is 10.2 Å². The number of hydrogen-bond acceptors (Lipinski definition) is 5. The largest absolute Gasteiger partial charge is 0.381 e. The molecule has 0 radical (unpaired) electrons. The molecular weight excluding hydrogens is 403 g/mol. The van der Waals surface area contributed by atoms with E-state index < -0.39 is 0 Å². The fraction of sp³-hybridized carbons (Fsp3) is 0.500. The highest BCUT2D eigenvalue weighted by atomic mass is 19.1. The summed E-state index contributed by atoms with van der Waals surface area (Å²) in [5.74, 6) is -0.280. The van der Waals surface area contributed by atoms with Crippen LogP contribution in [0.5, 0.6) is 0 Å². The SMILES string of the molecule is Cc1cc(C(=O)N2CCN(C(=O)NCC3(c4cccc(F)c4)CCOCC3)CC2)on1. The van der Waals surface area contributed by atoms with Crippen molar-refractivity contribution in [2.75, 3.05) is 45.9 Å². The molecule has 31 heavy (non-hydrogen) atoms. The second kappa shape index (κ2) is 9.05. The van der Waals surface area contributed by atoms with Crippen LogP contribution in [0.25, 0.3) is 0 Å². The first-order chi connectivity index (χ1) is 15.0. The number of hydrogen-bond donors (Lipinski definition) is 1. The molecule has 0 bridgehead atoms. The lowest BCUT2D eigenvalue weighted by Gasteiger charge is -2.39. The van der Waals surface area contributed by atoms with Gasteiger partial charge in [0, 0.05) is 57.4 Å². The number of carbonyl (C=O) groups excluding carboxylic acids is 2. The number of benzene rings is 1. The molecule has 2 aliphatic rings. The number of nitrogens with zero attached hydrogens (tertiary/aromatic N) is 3. The van der Waals surface area contributed by atoms with E-state index >= 15 is 0 Å². The molecule has 0 spiro atoms. The highest BCUT2D eigenvalue weighted by Gasteiger charge is 2.36. The van der Waals surface area contributed by atoms with Crippen molar-refractivity contribution in [3.8, 4) is 0 Å². The van der Waals surface area contributed by atoms with Crippen molar-refractivity contribution in [3.05, 3.63) is 53.2 Å². The van der Waals surface area contributed by atoms with Gasteiger partial charge in [0.1, 0.15) is 5.82 Å². The summed E-state index contributed by atoms with van der Waals surface area (Å²) < 4.78 is 24.4. The highest BCUT2D eigenvalue weighted by Crippen LogP contribution is 2.34. The van der Waals surface area contributed by atoms with Gasteiger partial charge in [0.2, 0.25) is 5.76 Å². The molecular formula is C22H27FN4O4. The predicted molar refractivity (Wildman–Crippen MR) is 110 cm³/mol. The molecule has 3 amide bonds. The fourth-order valence-corrected chi connectivity index (χ4v) is 4.24. The van der Waals surface area contributed by atoms with Crippen molar-refractivity contribution in [2.24, 2.45) is 0 Å². The summed E-state index contributed by atoms with van der Waals surface area (Å²) in [6, 6.07) is 8.03. The lowest BCUT2D eigenvalue weighted by atomic mass is 9.74. The van der Waals surface area contributed by atoms with E-state index in [2.05, 4.69) is 10.5 Å². The molecule has 0 atom stereocenters. The Morgan fingerprint density at radius 1 is 1.13 bits per heavy atom. The Morgan fingerprint density at radius 3 is 2.48 bits per heavy atom. The maximum atomic E-state index is 13.8. The second-order valence-corrected chi connectivity index (χ2v) is 8.17. The van der Waals surface area contributed by atoms with Gasteiger partial charge in [-0.1, -0.05) is 17.3 Å². The molecule has 0 saturated carbocycles. The molecule has 3 heterocycles. The van der Waals surface area contributed by atoms with Crippen molar-refractivity contribution < 1.29 is 23.2 Å². The Balaban J connectivity index is 1.34. The van der Waals surface area contributed by atoms with Crippen LogP contribution in [0.1, 0.15) is 34.7 Å². The van der Waals surface area contributed by atoms with Crippen molar-refractivity contribution in [1.29, 1.82) is 0 Å². The molecule has 9 heteroatoms. The zero-order chi connectivity index (χ0) is 21.8. The summed E-state index contributed by atoms with van der Waals surface area (Å²) in [5.41, 5.74) is 1.19.